The van der Waals surface area contributed by atoms with Crippen molar-refractivity contribution < 1.29 is 0 Å². The topological polar surface area (TPSA) is 24.9 Å². The highest BCUT2D eigenvalue weighted by atomic mass is 35.5. The third-order valence-electron chi connectivity index (χ3n) is 4.21. The molecular weight excluding hydrogens is 268 g/mol. The van der Waals surface area contributed by atoms with Crippen molar-refractivity contribution in [3.8, 4) is 0 Å². The fraction of sp³-hybridized carbons (Fsp3) is 0.353. The summed E-state index contributed by atoms with van der Waals surface area (Å²) in [6.07, 6.45) is 6.13. The Morgan fingerprint density at radius 3 is 2.80 bits per heavy atom. The molecule has 0 aliphatic heterocycles. The average molecular weight is 287 g/mol. The summed E-state index contributed by atoms with van der Waals surface area (Å²) in [6.45, 7) is 3.03. The third kappa shape index (κ3) is 2.87. The predicted molar refractivity (Wildman–Crippen MR) is 83.0 cm³/mol. The molecule has 0 bridgehead atoms. The molecule has 20 heavy (non-hydrogen) atoms. The summed E-state index contributed by atoms with van der Waals surface area (Å²) in [6, 6.07) is 10.8. The first kappa shape index (κ1) is 13.6. The maximum atomic E-state index is 6.24. The van der Waals surface area contributed by atoms with Gasteiger partial charge < -0.3 is 5.32 Å². The van der Waals surface area contributed by atoms with Crippen molar-refractivity contribution in [2.75, 3.05) is 0 Å². The van der Waals surface area contributed by atoms with Gasteiger partial charge in [-0.05, 0) is 54.5 Å². The Labute approximate surface area is 125 Å². The zero-order chi connectivity index (χ0) is 13.9. The van der Waals surface area contributed by atoms with Gasteiger partial charge in [-0.2, -0.15) is 0 Å². The van der Waals surface area contributed by atoms with Crippen LogP contribution in [0.4, 0.5) is 0 Å². The van der Waals surface area contributed by atoms with Crippen LogP contribution >= 0.6 is 11.6 Å². The summed E-state index contributed by atoms with van der Waals surface area (Å²) in [5.74, 6) is 0.608. The zero-order valence-electron chi connectivity index (χ0n) is 11.6. The Kier molecular flexibility index (Phi) is 4.04. The van der Waals surface area contributed by atoms with E-state index in [1.807, 2.05) is 24.5 Å². The van der Waals surface area contributed by atoms with E-state index in [0.717, 1.165) is 11.6 Å². The normalized spacial score (nSPS) is 21.5. The third-order valence-corrected chi connectivity index (χ3v) is 4.56. The van der Waals surface area contributed by atoms with Gasteiger partial charge in [-0.3, -0.25) is 4.98 Å². The lowest BCUT2D eigenvalue weighted by Gasteiger charge is -2.37. The summed E-state index contributed by atoms with van der Waals surface area (Å²) in [5, 5.41) is 4.51. The first-order valence-electron chi connectivity index (χ1n) is 7.11. The summed E-state index contributed by atoms with van der Waals surface area (Å²) < 4.78 is 0. The minimum atomic E-state index is 0.593. The summed E-state index contributed by atoms with van der Waals surface area (Å²) in [7, 11) is 0. The quantitative estimate of drug-likeness (QED) is 0.916. The summed E-state index contributed by atoms with van der Waals surface area (Å²) in [4.78, 5) is 4.18. The van der Waals surface area contributed by atoms with Gasteiger partial charge in [-0.15, -0.1) is 0 Å². The fourth-order valence-electron chi connectivity index (χ4n) is 2.78. The van der Waals surface area contributed by atoms with Crippen molar-refractivity contribution in [2.45, 2.75) is 38.3 Å². The molecule has 1 saturated carbocycles. The van der Waals surface area contributed by atoms with E-state index in [4.69, 9.17) is 11.6 Å². The van der Waals surface area contributed by atoms with Crippen LogP contribution in [-0.4, -0.2) is 11.0 Å². The second kappa shape index (κ2) is 5.94. The van der Waals surface area contributed by atoms with E-state index in [2.05, 4.69) is 35.4 Å². The Balaban J connectivity index is 1.52. The number of nitrogens with zero attached hydrogens (tertiary/aromatic N) is 1. The number of nitrogens with one attached hydrogen (secondary N) is 1. The SMILES string of the molecule is Cc1ccncc1CNC1CC(c2ccccc2Cl)C1. The molecule has 0 amide bonds. The van der Waals surface area contributed by atoms with Crippen molar-refractivity contribution in [2.24, 2.45) is 0 Å². The summed E-state index contributed by atoms with van der Waals surface area (Å²) in [5.41, 5.74) is 3.88. The van der Waals surface area contributed by atoms with Crippen LogP contribution in [-0.2, 0) is 6.54 Å². The molecule has 1 fully saturated rings. The van der Waals surface area contributed by atoms with Gasteiger partial charge in [0.15, 0.2) is 0 Å². The van der Waals surface area contributed by atoms with Crippen LogP contribution in [0.25, 0.3) is 0 Å². The lowest BCUT2D eigenvalue weighted by molar-refractivity contribution is 0.289. The maximum absolute atomic E-state index is 6.24. The number of aromatic nitrogens is 1. The lowest BCUT2D eigenvalue weighted by atomic mass is 9.76. The molecule has 2 nitrogen and oxygen atoms in total. The fourth-order valence-corrected chi connectivity index (χ4v) is 3.07. The molecule has 0 radical (unpaired) electrons. The van der Waals surface area contributed by atoms with Gasteiger partial charge in [0.1, 0.15) is 0 Å². The van der Waals surface area contributed by atoms with E-state index in [1.165, 1.54) is 29.5 Å². The Bertz CT molecular complexity index is 588. The van der Waals surface area contributed by atoms with Gasteiger partial charge in [0.05, 0.1) is 0 Å². The van der Waals surface area contributed by atoms with Crippen molar-refractivity contribution in [3.05, 3.63) is 64.4 Å². The molecule has 104 valence electrons. The van der Waals surface area contributed by atoms with Crippen molar-refractivity contribution >= 4 is 11.6 Å². The Morgan fingerprint density at radius 1 is 1.25 bits per heavy atom. The molecule has 1 N–H and O–H groups in total. The van der Waals surface area contributed by atoms with Crippen LogP contribution in [0, 0.1) is 6.92 Å². The maximum Gasteiger partial charge on any atom is 0.0440 e. The standard InChI is InChI=1S/C17H19ClN2/c1-12-6-7-19-10-14(12)11-20-15-8-13(9-15)16-4-2-3-5-17(16)18/h2-7,10,13,15,20H,8-9,11H2,1H3. The summed E-state index contributed by atoms with van der Waals surface area (Å²) >= 11 is 6.24. The molecule has 2 aromatic rings. The smallest absolute Gasteiger partial charge is 0.0440 e. The molecule has 1 heterocycles. The molecule has 3 rings (SSSR count). The van der Waals surface area contributed by atoms with E-state index in [0.29, 0.717) is 12.0 Å². The minimum Gasteiger partial charge on any atom is -0.310 e. The zero-order valence-corrected chi connectivity index (χ0v) is 12.4. The highest BCUT2D eigenvalue weighted by Crippen LogP contribution is 2.39. The number of rotatable bonds is 4. The average Bonchev–Trinajstić information content (AvgIpc) is 2.41. The van der Waals surface area contributed by atoms with Crippen molar-refractivity contribution in [1.82, 2.24) is 10.3 Å². The molecule has 1 aromatic carbocycles. The number of hydrogen-bond acceptors (Lipinski definition) is 2. The van der Waals surface area contributed by atoms with E-state index in [9.17, 15) is 0 Å². The van der Waals surface area contributed by atoms with Gasteiger partial charge in [0, 0.05) is 30.0 Å². The molecule has 0 saturated heterocycles. The molecule has 3 heteroatoms. The number of benzene rings is 1. The Morgan fingerprint density at radius 2 is 2.05 bits per heavy atom. The van der Waals surface area contributed by atoms with Crippen molar-refractivity contribution in [3.63, 3.8) is 0 Å². The number of halogens is 1. The first-order valence-corrected chi connectivity index (χ1v) is 7.49. The van der Waals surface area contributed by atoms with Gasteiger partial charge >= 0.3 is 0 Å². The highest BCUT2D eigenvalue weighted by Gasteiger charge is 2.30. The monoisotopic (exact) mass is 286 g/mol. The van der Waals surface area contributed by atoms with Crippen LogP contribution < -0.4 is 5.32 Å². The van der Waals surface area contributed by atoms with E-state index >= 15 is 0 Å². The molecule has 0 spiro atoms. The number of pyridine rings is 1. The van der Waals surface area contributed by atoms with Crippen LogP contribution in [0.5, 0.6) is 0 Å². The molecular formula is C17H19ClN2. The second-order valence-electron chi connectivity index (χ2n) is 5.57. The van der Waals surface area contributed by atoms with E-state index in [-0.39, 0.29) is 0 Å². The minimum absolute atomic E-state index is 0.593. The molecule has 1 aliphatic rings. The van der Waals surface area contributed by atoms with Crippen LogP contribution in [0.3, 0.4) is 0 Å². The van der Waals surface area contributed by atoms with Crippen LogP contribution in [0.2, 0.25) is 5.02 Å². The van der Waals surface area contributed by atoms with Gasteiger partial charge in [-0.1, -0.05) is 29.8 Å². The molecule has 0 unspecified atom stereocenters. The largest absolute Gasteiger partial charge is 0.310 e. The Hall–Kier alpha value is -1.38. The molecule has 0 atom stereocenters. The molecule has 1 aliphatic carbocycles. The first-order chi connectivity index (χ1) is 9.74. The highest BCUT2D eigenvalue weighted by molar-refractivity contribution is 6.31. The van der Waals surface area contributed by atoms with Crippen LogP contribution in [0.15, 0.2) is 42.7 Å². The van der Waals surface area contributed by atoms with Crippen molar-refractivity contribution in [1.29, 1.82) is 0 Å². The van der Waals surface area contributed by atoms with Gasteiger partial charge in [-0.25, -0.2) is 0 Å². The van der Waals surface area contributed by atoms with Crippen LogP contribution in [0.1, 0.15) is 35.4 Å². The molecule has 1 aromatic heterocycles. The lowest BCUT2D eigenvalue weighted by Crippen LogP contribution is -2.39. The van der Waals surface area contributed by atoms with Gasteiger partial charge in [0.25, 0.3) is 0 Å². The van der Waals surface area contributed by atoms with Gasteiger partial charge in [0.2, 0.25) is 0 Å². The van der Waals surface area contributed by atoms with E-state index < -0.39 is 0 Å². The number of aryl methyl sites for hydroxylation is 1. The second-order valence-corrected chi connectivity index (χ2v) is 5.98. The van der Waals surface area contributed by atoms with E-state index in [1.54, 1.807) is 0 Å². The number of hydrogen-bond donors (Lipinski definition) is 1. The predicted octanol–water partition coefficient (Wildman–Crippen LogP) is 4.08.